The maximum absolute atomic E-state index is 13.1. The molecule has 0 bridgehead atoms. The van der Waals surface area contributed by atoms with E-state index in [1.807, 2.05) is 13.0 Å². The lowest BCUT2D eigenvalue weighted by molar-refractivity contribution is -0.146. The van der Waals surface area contributed by atoms with Crippen LogP contribution >= 0.6 is 0 Å². The number of hydrazine groups is 1. The van der Waals surface area contributed by atoms with E-state index in [0.29, 0.717) is 17.2 Å². The minimum Gasteiger partial charge on any atom is -0.495 e. The smallest absolute Gasteiger partial charge is 0.276 e. The molecule has 2 aromatic rings. The summed E-state index contributed by atoms with van der Waals surface area (Å²) in [6.07, 6.45) is -0.269. The highest BCUT2D eigenvalue weighted by Crippen LogP contribution is 2.34. The standard InChI is InChI=1S/C22H23N3O6/c1-14-9-10-19(30-3)17(11-14)24-21(28)12-18(22(24)29)25(15(2)26)23-20(27)13-31-16-7-5-4-6-8-16/h4-11,18H,12-13H2,1-3H3,(H,23,27). The van der Waals surface area contributed by atoms with Gasteiger partial charge >= 0.3 is 0 Å². The maximum atomic E-state index is 13.1. The fourth-order valence-corrected chi connectivity index (χ4v) is 3.25. The summed E-state index contributed by atoms with van der Waals surface area (Å²) in [7, 11) is 1.44. The zero-order chi connectivity index (χ0) is 22.5. The van der Waals surface area contributed by atoms with Crippen LogP contribution < -0.4 is 19.8 Å². The average molecular weight is 425 g/mol. The summed E-state index contributed by atoms with van der Waals surface area (Å²) < 4.78 is 10.6. The Bertz CT molecular complexity index is 1010. The van der Waals surface area contributed by atoms with Crippen LogP contribution in [-0.2, 0) is 19.2 Å². The molecule has 162 valence electrons. The van der Waals surface area contributed by atoms with Gasteiger partial charge in [0.05, 0.1) is 19.2 Å². The monoisotopic (exact) mass is 425 g/mol. The van der Waals surface area contributed by atoms with E-state index >= 15 is 0 Å². The van der Waals surface area contributed by atoms with Crippen molar-refractivity contribution in [2.75, 3.05) is 18.6 Å². The molecule has 4 amide bonds. The zero-order valence-corrected chi connectivity index (χ0v) is 17.5. The van der Waals surface area contributed by atoms with Crippen molar-refractivity contribution in [2.24, 2.45) is 0 Å². The summed E-state index contributed by atoms with van der Waals surface area (Å²) in [5.41, 5.74) is 3.50. The average Bonchev–Trinajstić information content (AvgIpc) is 3.04. The third-order valence-corrected chi connectivity index (χ3v) is 4.71. The largest absolute Gasteiger partial charge is 0.495 e. The van der Waals surface area contributed by atoms with E-state index in [1.54, 1.807) is 42.5 Å². The normalized spacial score (nSPS) is 15.6. The lowest BCUT2D eigenvalue weighted by atomic mass is 10.2. The number of hydrogen-bond acceptors (Lipinski definition) is 6. The lowest BCUT2D eigenvalue weighted by Crippen LogP contribution is -2.54. The summed E-state index contributed by atoms with van der Waals surface area (Å²) in [6, 6.07) is 12.6. The Labute approximate surface area is 179 Å². The molecule has 1 fully saturated rings. The van der Waals surface area contributed by atoms with E-state index in [-0.39, 0.29) is 13.0 Å². The van der Waals surface area contributed by atoms with Crippen LogP contribution in [0.4, 0.5) is 5.69 Å². The van der Waals surface area contributed by atoms with Crippen molar-refractivity contribution in [1.29, 1.82) is 0 Å². The predicted octanol–water partition coefficient (Wildman–Crippen LogP) is 1.59. The molecular weight excluding hydrogens is 402 g/mol. The fourth-order valence-electron chi connectivity index (χ4n) is 3.25. The molecule has 1 aliphatic rings. The second kappa shape index (κ2) is 9.29. The second-order valence-corrected chi connectivity index (χ2v) is 6.99. The predicted molar refractivity (Wildman–Crippen MR) is 111 cm³/mol. The van der Waals surface area contributed by atoms with Crippen LogP contribution in [0.1, 0.15) is 18.9 Å². The quantitative estimate of drug-likeness (QED) is 0.557. The van der Waals surface area contributed by atoms with E-state index < -0.39 is 29.7 Å². The minimum atomic E-state index is -1.17. The number of carbonyl (C=O) groups excluding carboxylic acids is 4. The Morgan fingerprint density at radius 1 is 1.16 bits per heavy atom. The number of para-hydroxylation sites is 1. The van der Waals surface area contributed by atoms with E-state index in [9.17, 15) is 19.2 Å². The van der Waals surface area contributed by atoms with Crippen LogP contribution in [0.25, 0.3) is 0 Å². The molecule has 1 aliphatic heterocycles. The first-order valence-electron chi connectivity index (χ1n) is 9.60. The van der Waals surface area contributed by atoms with Crippen molar-refractivity contribution >= 4 is 29.3 Å². The van der Waals surface area contributed by atoms with Gasteiger partial charge in [0.2, 0.25) is 11.8 Å². The molecule has 0 aliphatic carbocycles. The Morgan fingerprint density at radius 3 is 2.52 bits per heavy atom. The molecule has 0 aromatic heterocycles. The van der Waals surface area contributed by atoms with Gasteiger partial charge in [0.25, 0.3) is 11.8 Å². The number of rotatable bonds is 6. The van der Waals surface area contributed by atoms with Crippen molar-refractivity contribution in [3.05, 3.63) is 54.1 Å². The number of nitrogens with one attached hydrogen (secondary N) is 1. The van der Waals surface area contributed by atoms with Crippen LogP contribution in [0, 0.1) is 6.92 Å². The number of amides is 4. The van der Waals surface area contributed by atoms with Crippen molar-refractivity contribution in [1.82, 2.24) is 10.4 Å². The molecule has 3 rings (SSSR count). The van der Waals surface area contributed by atoms with E-state index in [4.69, 9.17) is 9.47 Å². The minimum absolute atomic E-state index is 0.269. The van der Waals surface area contributed by atoms with E-state index in [2.05, 4.69) is 5.43 Å². The molecule has 1 saturated heterocycles. The van der Waals surface area contributed by atoms with Crippen LogP contribution in [0.15, 0.2) is 48.5 Å². The molecule has 0 spiro atoms. The fraction of sp³-hybridized carbons (Fsp3) is 0.273. The summed E-state index contributed by atoms with van der Waals surface area (Å²) in [4.78, 5) is 51.2. The maximum Gasteiger partial charge on any atom is 0.276 e. The van der Waals surface area contributed by atoms with Crippen molar-refractivity contribution in [3.63, 3.8) is 0 Å². The SMILES string of the molecule is COc1ccc(C)cc1N1C(=O)CC(N(NC(=O)COc2ccccc2)C(C)=O)C1=O. The molecule has 1 N–H and O–H groups in total. The highest BCUT2D eigenvalue weighted by atomic mass is 16.5. The van der Waals surface area contributed by atoms with Gasteiger partial charge in [-0.2, -0.15) is 0 Å². The van der Waals surface area contributed by atoms with E-state index in [0.717, 1.165) is 15.5 Å². The van der Waals surface area contributed by atoms with Crippen LogP contribution in [0.5, 0.6) is 11.5 Å². The van der Waals surface area contributed by atoms with Gasteiger partial charge in [-0.25, -0.2) is 9.91 Å². The van der Waals surface area contributed by atoms with Gasteiger partial charge < -0.3 is 9.47 Å². The number of imide groups is 1. The Kier molecular flexibility index (Phi) is 6.54. The lowest BCUT2D eigenvalue weighted by Gasteiger charge is -2.27. The number of nitrogens with zero attached hydrogens (tertiary/aromatic N) is 2. The van der Waals surface area contributed by atoms with Gasteiger partial charge in [-0.05, 0) is 36.8 Å². The van der Waals surface area contributed by atoms with Gasteiger partial charge in [0.15, 0.2) is 6.61 Å². The summed E-state index contributed by atoms with van der Waals surface area (Å²) in [5, 5.41) is 0.874. The molecule has 0 radical (unpaired) electrons. The number of hydrogen-bond donors (Lipinski definition) is 1. The molecule has 9 nitrogen and oxygen atoms in total. The highest BCUT2D eigenvalue weighted by Gasteiger charge is 2.45. The summed E-state index contributed by atoms with van der Waals surface area (Å²) >= 11 is 0. The number of anilines is 1. The third-order valence-electron chi connectivity index (χ3n) is 4.71. The highest BCUT2D eigenvalue weighted by molar-refractivity contribution is 6.23. The first-order valence-corrected chi connectivity index (χ1v) is 9.60. The first-order chi connectivity index (χ1) is 14.8. The zero-order valence-electron chi connectivity index (χ0n) is 17.5. The van der Waals surface area contributed by atoms with Gasteiger partial charge in [-0.1, -0.05) is 24.3 Å². The number of carbonyl (C=O) groups is 4. The van der Waals surface area contributed by atoms with Crippen molar-refractivity contribution in [2.45, 2.75) is 26.3 Å². The molecule has 2 aromatic carbocycles. The molecule has 1 atom stereocenters. The van der Waals surface area contributed by atoms with Gasteiger partial charge in [0, 0.05) is 6.92 Å². The van der Waals surface area contributed by atoms with Crippen LogP contribution in [0.2, 0.25) is 0 Å². The molecule has 31 heavy (non-hydrogen) atoms. The Hall–Kier alpha value is -3.88. The van der Waals surface area contributed by atoms with Gasteiger partial charge in [0.1, 0.15) is 17.5 Å². The van der Waals surface area contributed by atoms with Gasteiger partial charge in [-0.15, -0.1) is 0 Å². The Morgan fingerprint density at radius 2 is 1.87 bits per heavy atom. The van der Waals surface area contributed by atoms with Crippen LogP contribution in [-0.4, -0.2) is 48.4 Å². The molecule has 1 heterocycles. The van der Waals surface area contributed by atoms with Crippen molar-refractivity contribution < 1.29 is 28.7 Å². The van der Waals surface area contributed by atoms with Crippen LogP contribution in [0.3, 0.4) is 0 Å². The number of aryl methyl sites for hydroxylation is 1. The van der Waals surface area contributed by atoms with E-state index in [1.165, 1.54) is 14.0 Å². The van der Waals surface area contributed by atoms with Crippen molar-refractivity contribution in [3.8, 4) is 11.5 Å². The molecule has 0 saturated carbocycles. The number of benzene rings is 2. The summed E-state index contributed by atoms with van der Waals surface area (Å²) in [6.45, 7) is 2.66. The van der Waals surface area contributed by atoms with Gasteiger partial charge in [-0.3, -0.25) is 24.6 Å². The number of methoxy groups -OCH3 is 1. The second-order valence-electron chi connectivity index (χ2n) is 6.99. The Balaban J connectivity index is 1.75. The number of ether oxygens (including phenoxy) is 2. The molecule has 9 heteroatoms. The summed E-state index contributed by atoms with van der Waals surface area (Å²) in [5.74, 6) is -1.52. The molecular formula is C22H23N3O6. The third kappa shape index (κ3) is 4.82. The topological polar surface area (TPSA) is 105 Å². The first kappa shape index (κ1) is 21.8. The molecule has 1 unspecified atom stereocenters.